The monoisotopic (exact) mass is 445 g/mol. The fraction of sp³-hybridized carbons (Fsp3) is 0.0435. The second-order valence-electron chi connectivity index (χ2n) is 6.68. The molecule has 2 nitrogen and oxygen atoms in total. The topological polar surface area (TPSA) is 30.0 Å². The van der Waals surface area contributed by atoms with E-state index < -0.39 is 29.2 Å². The van der Waals surface area contributed by atoms with Crippen LogP contribution in [0.2, 0.25) is 0 Å². The first-order valence-electron chi connectivity index (χ1n) is 8.96. The van der Waals surface area contributed by atoms with Crippen LogP contribution in [0.4, 0.5) is 22.0 Å². The zero-order chi connectivity index (χ0) is 22.2. The van der Waals surface area contributed by atoms with Crippen molar-refractivity contribution in [1.82, 2.24) is 4.98 Å². The highest BCUT2D eigenvalue weighted by Gasteiger charge is 2.30. The molecule has 1 aromatic heterocycles. The smallest absolute Gasteiger partial charge is 0.289 e. The van der Waals surface area contributed by atoms with Gasteiger partial charge in [-0.2, -0.15) is 13.2 Å². The fourth-order valence-corrected chi connectivity index (χ4v) is 3.95. The Balaban J connectivity index is 1.57. The normalized spacial score (nSPS) is 12.0. The third-order valence-corrected chi connectivity index (χ3v) is 5.51. The Morgan fingerprint density at radius 3 is 2.23 bits per heavy atom. The summed E-state index contributed by atoms with van der Waals surface area (Å²) in [5.74, 6) is -2.22. The van der Waals surface area contributed by atoms with Gasteiger partial charge in [0.25, 0.3) is 0 Å². The molecule has 4 rings (SSSR count). The molecule has 0 atom stereocenters. The molecule has 4 aromatic rings. The summed E-state index contributed by atoms with van der Waals surface area (Å²) in [5, 5.41) is 0.566. The van der Waals surface area contributed by atoms with Crippen LogP contribution in [0.3, 0.4) is 0 Å². The van der Waals surface area contributed by atoms with Crippen LogP contribution in [0.5, 0.6) is 0 Å². The molecule has 8 heteroatoms. The number of nitrogens with zero attached hydrogens (tertiary/aromatic N) is 1. The van der Waals surface area contributed by atoms with E-state index in [1.165, 1.54) is 35.6 Å². The van der Waals surface area contributed by atoms with E-state index in [4.69, 9.17) is 0 Å². The van der Waals surface area contributed by atoms with Gasteiger partial charge >= 0.3 is 6.18 Å². The number of ketones is 1. The summed E-state index contributed by atoms with van der Waals surface area (Å²) >= 11 is 1.30. The van der Waals surface area contributed by atoms with Gasteiger partial charge in [0.05, 0.1) is 15.8 Å². The van der Waals surface area contributed by atoms with Crippen LogP contribution in [0, 0.1) is 11.6 Å². The molecule has 3 aromatic carbocycles. The van der Waals surface area contributed by atoms with E-state index in [0.717, 1.165) is 29.0 Å². The van der Waals surface area contributed by atoms with Crippen LogP contribution in [0.1, 0.15) is 21.5 Å². The minimum atomic E-state index is -4.40. The Labute approximate surface area is 177 Å². The van der Waals surface area contributed by atoms with E-state index in [2.05, 4.69) is 4.98 Å². The number of carbonyl (C=O) groups is 1. The summed E-state index contributed by atoms with van der Waals surface area (Å²) < 4.78 is 65.5. The molecule has 0 radical (unpaired) electrons. The lowest BCUT2D eigenvalue weighted by Gasteiger charge is -2.06. The molecule has 31 heavy (non-hydrogen) atoms. The summed E-state index contributed by atoms with van der Waals surface area (Å²) in [6.45, 7) is 0. The van der Waals surface area contributed by atoms with E-state index in [1.54, 1.807) is 18.2 Å². The highest BCUT2D eigenvalue weighted by Crippen LogP contribution is 2.34. The van der Waals surface area contributed by atoms with Crippen LogP contribution < -0.4 is 0 Å². The average Bonchev–Trinajstić information content (AvgIpc) is 3.14. The Hall–Kier alpha value is -3.39. The van der Waals surface area contributed by atoms with Crippen molar-refractivity contribution in [2.75, 3.05) is 0 Å². The minimum absolute atomic E-state index is 0.0998. The standard InChI is InChI=1S/C23H12F5NOS/c24-17-10-15(11-18(25)12-17)20(30)8-2-13-1-7-19-21(9-13)31-22(29-19)14-3-5-16(6-4-14)23(26,27)28/h1-12H/b8-2+. The Bertz CT molecular complexity index is 1290. The number of hydrogen-bond acceptors (Lipinski definition) is 3. The van der Waals surface area contributed by atoms with Crippen molar-refractivity contribution in [3.8, 4) is 10.6 Å². The van der Waals surface area contributed by atoms with Crippen molar-refractivity contribution in [2.45, 2.75) is 6.18 Å². The third-order valence-electron chi connectivity index (χ3n) is 4.45. The molecule has 1 heterocycles. The molecule has 0 bridgehead atoms. The van der Waals surface area contributed by atoms with Crippen molar-refractivity contribution in [3.63, 3.8) is 0 Å². The maximum atomic E-state index is 13.3. The van der Waals surface area contributed by atoms with Gasteiger partial charge in [-0.3, -0.25) is 4.79 Å². The first kappa shape index (κ1) is 20.9. The van der Waals surface area contributed by atoms with Crippen LogP contribution >= 0.6 is 11.3 Å². The first-order chi connectivity index (χ1) is 14.7. The van der Waals surface area contributed by atoms with Gasteiger partial charge in [0.2, 0.25) is 0 Å². The Morgan fingerprint density at radius 2 is 1.58 bits per heavy atom. The molecule has 0 spiro atoms. The lowest BCUT2D eigenvalue weighted by atomic mass is 10.1. The predicted molar refractivity (Wildman–Crippen MR) is 110 cm³/mol. The van der Waals surface area contributed by atoms with Gasteiger partial charge in [0.15, 0.2) is 5.78 Å². The summed E-state index contributed by atoms with van der Waals surface area (Å²) in [6.07, 6.45) is -1.67. The Morgan fingerprint density at radius 1 is 0.903 bits per heavy atom. The van der Waals surface area contributed by atoms with E-state index in [1.807, 2.05) is 0 Å². The number of thiazole rings is 1. The summed E-state index contributed by atoms with van der Waals surface area (Å²) in [7, 11) is 0. The number of fused-ring (bicyclic) bond motifs is 1. The van der Waals surface area contributed by atoms with Crippen molar-refractivity contribution < 1.29 is 26.7 Å². The summed E-state index contributed by atoms with van der Waals surface area (Å²) in [5.41, 5.74) is 1.07. The lowest BCUT2D eigenvalue weighted by Crippen LogP contribution is -2.03. The van der Waals surface area contributed by atoms with Gasteiger partial charge in [0, 0.05) is 17.2 Å². The maximum Gasteiger partial charge on any atom is 0.416 e. The molecular formula is C23H12F5NOS. The molecule has 0 amide bonds. The molecule has 0 unspecified atom stereocenters. The second-order valence-corrected chi connectivity index (χ2v) is 7.71. The van der Waals surface area contributed by atoms with Crippen LogP contribution in [0.15, 0.2) is 66.7 Å². The van der Waals surface area contributed by atoms with Crippen molar-refractivity contribution in [1.29, 1.82) is 0 Å². The molecule has 0 fully saturated rings. The van der Waals surface area contributed by atoms with Gasteiger partial charge in [-0.25, -0.2) is 13.8 Å². The fourth-order valence-electron chi connectivity index (χ4n) is 2.93. The van der Waals surface area contributed by atoms with Crippen LogP contribution in [0.25, 0.3) is 26.9 Å². The van der Waals surface area contributed by atoms with E-state index in [-0.39, 0.29) is 5.56 Å². The van der Waals surface area contributed by atoms with E-state index in [9.17, 15) is 26.7 Å². The van der Waals surface area contributed by atoms with Crippen LogP contribution in [-0.4, -0.2) is 10.8 Å². The van der Waals surface area contributed by atoms with Crippen molar-refractivity contribution in [2.24, 2.45) is 0 Å². The quantitative estimate of drug-likeness (QED) is 0.190. The summed E-state index contributed by atoms with van der Waals surface area (Å²) in [4.78, 5) is 16.6. The molecule has 0 N–H and O–H groups in total. The number of halogens is 5. The molecule has 156 valence electrons. The number of rotatable bonds is 4. The number of aromatic nitrogens is 1. The third kappa shape index (κ3) is 4.69. The zero-order valence-electron chi connectivity index (χ0n) is 15.6. The number of alkyl halides is 3. The first-order valence-corrected chi connectivity index (χ1v) is 9.77. The number of benzene rings is 3. The maximum absolute atomic E-state index is 13.3. The zero-order valence-corrected chi connectivity index (χ0v) is 16.4. The number of carbonyl (C=O) groups excluding carboxylic acids is 1. The van der Waals surface area contributed by atoms with Crippen LogP contribution in [-0.2, 0) is 6.18 Å². The largest absolute Gasteiger partial charge is 0.416 e. The number of hydrogen-bond donors (Lipinski definition) is 0. The number of allylic oxidation sites excluding steroid dienone is 1. The molecular weight excluding hydrogens is 433 g/mol. The average molecular weight is 445 g/mol. The van der Waals surface area contributed by atoms with Gasteiger partial charge < -0.3 is 0 Å². The predicted octanol–water partition coefficient (Wildman–Crippen LogP) is 7.16. The highest BCUT2D eigenvalue weighted by atomic mass is 32.1. The van der Waals surface area contributed by atoms with Gasteiger partial charge in [0.1, 0.15) is 16.6 Å². The molecule has 0 aliphatic carbocycles. The highest BCUT2D eigenvalue weighted by molar-refractivity contribution is 7.21. The lowest BCUT2D eigenvalue weighted by molar-refractivity contribution is -0.137. The van der Waals surface area contributed by atoms with E-state index in [0.29, 0.717) is 27.7 Å². The Kier molecular flexibility index (Phi) is 5.41. The molecule has 0 saturated carbocycles. The van der Waals surface area contributed by atoms with E-state index >= 15 is 0 Å². The van der Waals surface area contributed by atoms with Crippen molar-refractivity contribution in [3.05, 3.63) is 95.1 Å². The molecule has 0 aliphatic rings. The molecule has 0 aliphatic heterocycles. The van der Waals surface area contributed by atoms with Gasteiger partial charge in [-0.05, 0) is 48.0 Å². The van der Waals surface area contributed by atoms with Gasteiger partial charge in [-0.1, -0.05) is 24.3 Å². The minimum Gasteiger partial charge on any atom is -0.289 e. The summed E-state index contributed by atoms with van der Waals surface area (Å²) in [6, 6.07) is 12.6. The van der Waals surface area contributed by atoms with Crippen molar-refractivity contribution >= 4 is 33.4 Å². The molecule has 0 saturated heterocycles. The van der Waals surface area contributed by atoms with Gasteiger partial charge in [-0.15, -0.1) is 11.3 Å². The second kappa shape index (κ2) is 8.03. The SMILES string of the molecule is O=C(/C=C/c1ccc2nc(-c3ccc(C(F)(F)F)cc3)sc2c1)c1cc(F)cc(F)c1.